The van der Waals surface area contributed by atoms with Gasteiger partial charge < -0.3 is 5.73 Å². The third kappa shape index (κ3) is 3.00. The fourth-order valence-electron chi connectivity index (χ4n) is 2.06. The molecule has 1 heterocycles. The van der Waals surface area contributed by atoms with E-state index in [2.05, 4.69) is 0 Å². The second-order valence-corrected chi connectivity index (χ2v) is 5.06. The summed E-state index contributed by atoms with van der Waals surface area (Å²) in [5, 5.41) is 0.158. The summed E-state index contributed by atoms with van der Waals surface area (Å²) in [5.41, 5.74) is 4.48. The van der Waals surface area contributed by atoms with Gasteiger partial charge in [-0.3, -0.25) is 13.9 Å². The highest BCUT2D eigenvalue weighted by Gasteiger charge is 2.14. The van der Waals surface area contributed by atoms with Crippen LogP contribution in [0.1, 0.15) is 18.9 Å². The average Bonchev–Trinajstić information content (AvgIpc) is 2.44. The van der Waals surface area contributed by atoms with Gasteiger partial charge in [0, 0.05) is 23.3 Å². The lowest BCUT2D eigenvalue weighted by molar-refractivity contribution is 0.553. The number of hydrogen-bond donors (Lipinski definition) is 1. The minimum Gasteiger partial charge on any atom is -0.393 e. The Bertz CT molecular complexity index is 763. The number of halogens is 2. The molecule has 0 saturated heterocycles. The van der Waals surface area contributed by atoms with Gasteiger partial charge in [0.05, 0.1) is 6.54 Å². The summed E-state index contributed by atoms with van der Waals surface area (Å²) in [6.07, 6.45) is 2.02. The smallest absolute Gasteiger partial charge is 0.331 e. The van der Waals surface area contributed by atoms with Crippen molar-refractivity contribution in [2.75, 3.05) is 5.73 Å². The van der Waals surface area contributed by atoms with Crippen LogP contribution >= 0.6 is 11.6 Å². The lowest BCUT2D eigenvalue weighted by Gasteiger charge is -2.12. The van der Waals surface area contributed by atoms with Crippen LogP contribution in [0.25, 0.3) is 0 Å². The van der Waals surface area contributed by atoms with Gasteiger partial charge in [-0.15, -0.1) is 0 Å². The lowest BCUT2D eigenvalue weighted by atomic mass is 10.2. The molecule has 2 rings (SSSR count). The standard InChI is InChI=1S/C14H15ClFN3O2/c1-2-6-18-8-12(17)13(20)19(14(18)21)7-9-10(15)4-3-5-11(9)16/h3-5,8H,2,6-7,17H2,1H3. The van der Waals surface area contributed by atoms with Crippen molar-refractivity contribution in [1.82, 2.24) is 9.13 Å². The number of nitrogens with zero attached hydrogens (tertiary/aromatic N) is 2. The van der Waals surface area contributed by atoms with Crippen molar-refractivity contribution in [3.63, 3.8) is 0 Å². The first-order valence-corrected chi connectivity index (χ1v) is 6.86. The van der Waals surface area contributed by atoms with E-state index in [1.807, 2.05) is 6.92 Å². The molecule has 0 aliphatic carbocycles. The van der Waals surface area contributed by atoms with Crippen molar-refractivity contribution in [1.29, 1.82) is 0 Å². The minimum atomic E-state index is -0.647. The van der Waals surface area contributed by atoms with Crippen molar-refractivity contribution in [2.45, 2.75) is 26.4 Å². The Balaban J connectivity index is 2.59. The topological polar surface area (TPSA) is 70.0 Å². The van der Waals surface area contributed by atoms with Gasteiger partial charge in [-0.1, -0.05) is 24.6 Å². The largest absolute Gasteiger partial charge is 0.393 e. The number of anilines is 1. The summed E-state index contributed by atoms with van der Waals surface area (Å²) >= 11 is 5.93. The van der Waals surface area contributed by atoms with Gasteiger partial charge in [0.2, 0.25) is 0 Å². The maximum Gasteiger partial charge on any atom is 0.331 e. The summed E-state index contributed by atoms with van der Waals surface area (Å²) in [5.74, 6) is -0.571. The molecule has 7 heteroatoms. The fraction of sp³-hybridized carbons (Fsp3) is 0.286. The van der Waals surface area contributed by atoms with Crippen molar-refractivity contribution in [3.8, 4) is 0 Å². The van der Waals surface area contributed by atoms with E-state index < -0.39 is 17.1 Å². The Labute approximate surface area is 125 Å². The first kappa shape index (κ1) is 15.3. The Kier molecular flexibility index (Phi) is 4.47. The monoisotopic (exact) mass is 311 g/mol. The maximum atomic E-state index is 13.8. The number of aromatic nitrogens is 2. The van der Waals surface area contributed by atoms with Gasteiger partial charge >= 0.3 is 5.69 Å². The van der Waals surface area contributed by atoms with E-state index >= 15 is 0 Å². The molecule has 21 heavy (non-hydrogen) atoms. The molecule has 2 N–H and O–H groups in total. The zero-order valence-corrected chi connectivity index (χ0v) is 12.2. The highest BCUT2D eigenvalue weighted by molar-refractivity contribution is 6.31. The number of rotatable bonds is 4. The molecule has 0 atom stereocenters. The van der Waals surface area contributed by atoms with Crippen LogP contribution in [0.5, 0.6) is 0 Å². The van der Waals surface area contributed by atoms with Gasteiger partial charge in [-0.25, -0.2) is 9.18 Å². The van der Waals surface area contributed by atoms with Crippen LogP contribution in [0.3, 0.4) is 0 Å². The Morgan fingerprint density at radius 1 is 1.33 bits per heavy atom. The number of aryl methyl sites for hydroxylation is 1. The van der Waals surface area contributed by atoms with E-state index in [0.29, 0.717) is 13.0 Å². The zero-order chi connectivity index (χ0) is 15.6. The van der Waals surface area contributed by atoms with E-state index in [1.165, 1.54) is 29.0 Å². The molecular formula is C14H15ClFN3O2. The molecule has 2 aromatic rings. The van der Waals surface area contributed by atoms with E-state index in [-0.39, 0.29) is 22.8 Å². The molecule has 5 nitrogen and oxygen atoms in total. The van der Waals surface area contributed by atoms with Crippen LogP contribution in [-0.4, -0.2) is 9.13 Å². The highest BCUT2D eigenvalue weighted by atomic mass is 35.5. The predicted molar refractivity (Wildman–Crippen MR) is 80.2 cm³/mol. The molecule has 0 radical (unpaired) electrons. The lowest BCUT2D eigenvalue weighted by Crippen LogP contribution is -2.41. The molecule has 0 aliphatic heterocycles. The molecule has 0 amide bonds. The molecule has 1 aromatic carbocycles. The number of nitrogen functional groups attached to an aromatic ring is 1. The van der Waals surface area contributed by atoms with Crippen LogP contribution in [-0.2, 0) is 13.1 Å². The molecule has 112 valence electrons. The van der Waals surface area contributed by atoms with Crippen molar-refractivity contribution < 1.29 is 4.39 Å². The predicted octanol–water partition coefficient (Wildman–Crippen LogP) is 1.84. The average molecular weight is 312 g/mol. The summed E-state index contributed by atoms with van der Waals surface area (Å²) in [6.45, 7) is 2.07. The third-order valence-corrected chi connectivity index (χ3v) is 3.46. The van der Waals surface area contributed by atoms with Crippen LogP contribution < -0.4 is 17.0 Å². The zero-order valence-electron chi connectivity index (χ0n) is 11.5. The first-order chi connectivity index (χ1) is 9.95. The number of nitrogens with two attached hydrogens (primary N) is 1. The number of benzene rings is 1. The SMILES string of the molecule is CCCn1cc(N)c(=O)n(Cc2c(F)cccc2Cl)c1=O. The fourth-order valence-corrected chi connectivity index (χ4v) is 2.28. The normalized spacial score (nSPS) is 10.8. The molecular weight excluding hydrogens is 297 g/mol. The molecule has 0 aliphatic rings. The summed E-state index contributed by atoms with van der Waals surface area (Å²) in [4.78, 5) is 24.3. The quantitative estimate of drug-likeness (QED) is 0.936. The minimum absolute atomic E-state index is 0.0597. The third-order valence-electron chi connectivity index (χ3n) is 3.11. The van der Waals surface area contributed by atoms with Crippen molar-refractivity contribution in [2.24, 2.45) is 0 Å². The first-order valence-electron chi connectivity index (χ1n) is 6.48. The second-order valence-electron chi connectivity index (χ2n) is 4.65. The second kappa shape index (κ2) is 6.13. The van der Waals surface area contributed by atoms with Gasteiger partial charge in [-0.05, 0) is 18.6 Å². The highest BCUT2D eigenvalue weighted by Crippen LogP contribution is 2.19. The molecule has 0 unspecified atom stereocenters. The summed E-state index contributed by atoms with van der Waals surface area (Å²) in [7, 11) is 0. The summed E-state index contributed by atoms with van der Waals surface area (Å²) in [6, 6.07) is 4.18. The van der Waals surface area contributed by atoms with Crippen LogP contribution in [0, 0.1) is 5.82 Å². The van der Waals surface area contributed by atoms with Crippen LogP contribution in [0.15, 0.2) is 34.0 Å². The van der Waals surface area contributed by atoms with Crippen molar-refractivity contribution in [3.05, 3.63) is 61.6 Å². The molecule has 0 bridgehead atoms. The van der Waals surface area contributed by atoms with E-state index in [1.54, 1.807) is 0 Å². The molecule has 1 aromatic heterocycles. The maximum absolute atomic E-state index is 13.8. The van der Waals surface area contributed by atoms with Gasteiger partial charge in [0.25, 0.3) is 5.56 Å². The van der Waals surface area contributed by atoms with E-state index in [4.69, 9.17) is 17.3 Å². The van der Waals surface area contributed by atoms with E-state index in [0.717, 1.165) is 4.57 Å². The van der Waals surface area contributed by atoms with Crippen LogP contribution in [0.2, 0.25) is 5.02 Å². The number of hydrogen-bond acceptors (Lipinski definition) is 3. The molecule has 0 spiro atoms. The van der Waals surface area contributed by atoms with Gasteiger partial charge in [0.1, 0.15) is 11.5 Å². The summed E-state index contributed by atoms with van der Waals surface area (Å²) < 4.78 is 16.0. The van der Waals surface area contributed by atoms with E-state index in [9.17, 15) is 14.0 Å². The van der Waals surface area contributed by atoms with Crippen molar-refractivity contribution >= 4 is 17.3 Å². The van der Waals surface area contributed by atoms with Gasteiger partial charge in [-0.2, -0.15) is 0 Å². The Morgan fingerprint density at radius 2 is 2.05 bits per heavy atom. The van der Waals surface area contributed by atoms with Gasteiger partial charge in [0.15, 0.2) is 0 Å². The molecule has 0 saturated carbocycles. The Hall–Kier alpha value is -2.08. The Morgan fingerprint density at radius 3 is 2.67 bits per heavy atom. The van der Waals surface area contributed by atoms with Crippen LogP contribution in [0.4, 0.5) is 10.1 Å². The molecule has 0 fully saturated rings.